The van der Waals surface area contributed by atoms with Crippen LogP contribution in [0.3, 0.4) is 0 Å². The Kier molecular flexibility index (Phi) is 5.64. The largest absolute Gasteiger partial charge is 0.360 e. The van der Waals surface area contributed by atoms with Gasteiger partial charge in [0, 0.05) is 27.6 Å². The number of hydrogen-bond donors (Lipinski definition) is 2. The number of benzene rings is 2. The molecule has 4 nitrogen and oxygen atoms in total. The number of carbonyl (C=O) groups is 1. The van der Waals surface area contributed by atoms with Gasteiger partial charge in [0.25, 0.3) is 5.91 Å². The highest BCUT2D eigenvalue weighted by Crippen LogP contribution is 2.23. The molecule has 0 bridgehead atoms. The second kappa shape index (κ2) is 7.68. The first-order chi connectivity index (χ1) is 11.0. The van der Waals surface area contributed by atoms with Gasteiger partial charge in [0.15, 0.2) is 0 Å². The van der Waals surface area contributed by atoms with Crippen LogP contribution in [0.2, 0.25) is 10.0 Å². The Morgan fingerprint density at radius 1 is 1.22 bits per heavy atom. The minimum Gasteiger partial charge on any atom is -0.360 e. The Hall–Kier alpha value is -2.48. The van der Waals surface area contributed by atoms with E-state index in [0.717, 1.165) is 11.3 Å². The Morgan fingerprint density at radius 2 is 1.96 bits per heavy atom. The van der Waals surface area contributed by atoms with Gasteiger partial charge >= 0.3 is 0 Å². The standard InChI is InChI=1S/C17H13Cl2N3O/c1-11-15(19)6-3-7-16(11)21-10-12(9-20)17(23)22-14-5-2-4-13(18)8-14/h2-8,10,21H,1H3,(H,22,23)/b12-10-. The van der Waals surface area contributed by atoms with Gasteiger partial charge in [-0.1, -0.05) is 35.3 Å². The third-order valence-corrected chi connectivity index (χ3v) is 3.73. The molecular formula is C17H13Cl2N3O. The van der Waals surface area contributed by atoms with Gasteiger partial charge in [-0.3, -0.25) is 4.79 Å². The average Bonchev–Trinajstić information content (AvgIpc) is 2.52. The Balaban J connectivity index is 2.14. The molecule has 2 aromatic rings. The van der Waals surface area contributed by atoms with Crippen molar-refractivity contribution in [1.29, 1.82) is 5.26 Å². The summed E-state index contributed by atoms with van der Waals surface area (Å²) in [5.41, 5.74) is 2.01. The van der Waals surface area contributed by atoms with E-state index >= 15 is 0 Å². The Labute approximate surface area is 144 Å². The van der Waals surface area contributed by atoms with E-state index in [1.54, 1.807) is 36.4 Å². The van der Waals surface area contributed by atoms with Crippen LogP contribution in [0.4, 0.5) is 11.4 Å². The maximum Gasteiger partial charge on any atom is 0.267 e. The molecule has 0 saturated heterocycles. The highest BCUT2D eigenvalue weighted by atomic mass is 35.5. The predicted octanol–water partition coefficient (Wildman–Crippen LogP) is 4.76. The predicted molar refractivity (Wildman–Crippen MR) is 93.6 cm³/mol. The van der Waals surface area contributed by atoms with Gasteiger partial charge in [-0.05, 0) is 42.8 Å². The highest BCUT2D eigenvalue weighted by Gasteiger charge is 2.10. The molecule has 0 fully saturated rings. The molecular weight excluding hydrogens is 333 g/mol. The summed E-state index contributed by atoms with van der Waals surface area (Å²) in [6.07, 6.45) is 1.35. The van der Waals surface area contributed by atoms with Crippen LogP contribution in [0.25, 0.3) is 0 Å². The van der Waals surface area contributed by atoms with E-state index < -0.39 is 5.91 Å². The number of hydrogen-bond acceptors (Lipinski definition) is 3. The lowest BCUT2D eigenvalue weighted by Gasteiger charge is -2.08. The monoisotopic (exact) mass is 345 g/mol. The van der Waals surface area contributed by atoms with Crippen molar-refractivity contribution in [2.75, 3.05) is 10.6 Å². The SMILES string of the molecule is Cc1c(Cl)cccc1N/C=C(/C#N)C(=O)Nc1cccc(Cl)c1. The molecule has 23 heavy (non-hydrogen) atoms. The van der Waals surface area contributed by atoms with Gasteiger partial charge < -0.3 is 10.6 Å². The van der Waals surface area contributed by atoms with E-state index in [-0.39, 0.29) is 5.57 Å². The fourth-order valence-electron chi connectivity index (χ4n) is 1.83. The van der Waals surface area contributed by atoms with Crippen LogP contribution in [0.15, 0.2) is 54.2 Å². The second-order valence-electron chi connectivity index (χ2n) is 4.69. The summed E-state index contributed by atoms with van der Waals surface area (Å²) in [6.45, 7) is 1.84. The molecule has 0 spiro atoms. The number of rotatable bonds is 4. The van der Waals surface area contributed by atoms with Gasteiger partial charge in [-0.15, -0.1) is 0 Å². The van der Waals surface area contributed by atoms with Crippen molar-refractivity contribution >= 4 is 40.5 Å². The number of nitrogens with zero attached hydrogens (tertiary/aromatic N) is 1. The molecule has 0 aliphatic rings. The van der Waals surface area contributed by atoms with Crippen molar-refractivity contribution < 1.29 is 4.79 Å². The van der Waals surface area contributed by atoms with E-state index in [9.17, 15) is 4.79 Å². The fourth-order valence-corrected chi connectivity index (χ4v) is 2.19. The zero-order valence-corrected chi connectivity index (χ0v) is 13.7. The van der Waals surface area contributed by atoms with E-state index in [2.05, 4.69) is 10.6 Å². The summed E-state index contributed by atoms with van der Waals surface area (Å²) in [5, 5.41) is 15.8. The van der Waals surface area contributed by atoms with Crippen LogP contribution in [-0.2, 0) is 4.79 Å². The number of halogens is 2. The van der Waals surface area contributed by atoms with Crippen molar-refractivity contribution in [3.05, 3.63) is 69.8 Å². The molecule has 0 heterocycles. The molecule has 1 amide bonds. The number of nitrogens with one attached hydrogen (secondary N) is 2. The van der Waals surface area contributed by atoms with Crippen molar-refractivity contribution in [2.24, 2.45) is 0 Å². The van der Waals surface area contributed by atoms with Crippen LogP contribution in [0.1, 0.15) is 5.56 Å². The first-order valence-corrected chi connectivity index (χ1v) is 7.45. The molecule has 0 saturated carbocycles. The van der Waals surface area contributed by atoms with Crippen molar-refractivity contribution in [1.82, 2.24) is 0 Å². The van der Waals surface area contributed by atoms with E-state index in [1.807, 2.05) is 19.1 Å². The second-order valence-corrected chi connectivity index (χ2v) is 5.53. The summed E-state index contributed by atoms with van der Waals surface area (Å²) in [4.78, 5) is 12.1. The van der Waals surface area contributed by atoms with E-state index in [0.29, 0.717) is 15.7 Å². The molecule has 0 atom stereocenters. The minimum absolute atomic E-state index is 0.0654. The summed E-state index contributed by atoms with van der Waals surface area (Å²) in [6, 6.07) is 13.9. The van der Waals surface area contributed by atoms with Crippen LogP contribution < -0.4 is 10.6 Å². The molecule has 2 aromatic carbocycles. The van der Waals surface area contributed by atoms with Gasteiger partial charge in [0.2, 0.25) is 0 Å². The highest BCUT2D eigenvalue weighted by molar-refractivity contribution is 6.31. The zero-order chi connectivity index (χ0) is 16.8. The van der Waals surface area contributed by atoms with Crippen molar-refractivity contribution in [2.45, 2.75) is 6.92 Å². The normalized spacial score (nSPS) is 10.8. The topological polar surface area (TPSA) is 64.9 Å². The minimum atomic E-state index is -0.526. The first-order valence-electron chi connectivity index (χ1n) is 6.70. The van der Waals surface area contributed by atoms with Crippen LogP contribution in [0, 0.1) is 18.3 Å². The maximum absolute atomic E-state index is 12.1. The molecule has 6 heteroatoms. The fraction of sp³-hybridized carbons (Fsp3) is 0.0588. The molecule has 0 aliphatic carbocycles. The Morgan fingerprint density at radius 3 is 2.65 bits per heavy atom. The van der Waals surface area contributed by atoms with E-state index in [1.165, 1.54) is 6.20 Å². The lowest BCUT2D eigenvalue weighted by molar-refractivity contribution is -0.112. The number of amides is 1. The van der Waals surface area contributed by atoms with Gasteiger partial charge in [-0.2, -0.15) is 5.26 Å². The zero-order valence-electron chi connectivity index (χ0n) is 12.2. The average molecular weight is 346 g/mol. The van der Waals surface area contributed by atoms with Gasteiger partial charge in [0.1, 0.15) is 11.6 Å². The molecule has 0 aliphatic heterocycles. The van der Waals surface area contributed by atoms with Crippen molar-refractivity contribution in [3.8, 4) is 6.07 Å². The summed E-state index contributed by atoms with van der Waals surface area (Å²) >= 11 is 11.9. The summed E-state index contributed by atoms with van der Waals surface area (Å²) in [5.74, 6) is -0.526. The number of nitriles is 1. The van der Waals surface area contributed by atoms with Crippen LogP contribution in [-0.4, -0.2) is 5.91 Å². The Bertz CT molecular complexity index is 810. The molecule has 2 rings (SSSR count). The van der Waals surface area contributed by atoms with E-state index in [4.69, 9.17) is 28.5 Å². The maximum atomic E-state index is 12.1. The first kappa shape index (κ1) is 16.9. The molecule has 2 N–H and O–H groups in total. The van der Waals surface area contributed by atoms with Crippen LogP contribution >= 0.6 is 23.2 Å². The van der Waals surface area contributed by atoms with Crippen LogP contribution in [0.5, 0.6) is 0 Å². The molecule has 0 unspecified atom stereocenters. The molecule has 0 radical (unpaired) electrons. The van der Waals surface area contributed by atoms with Crippen molar-refractivity contribution in [3.63, 3.8) is 0 Å². The smallest absolute Gasteiger partial charge is 0.267 e. The quantitative estimate of drug-likeness (QED) is 0.620. The number of anilines is 2. The molecule has 0 aromatic heterocycles. The third-order valence-electron chi connectivity index (χ3n) is 3.09. The summed E-state index contributed by atoms with van der Waals surface area (Å²) < 4.78 is 0. The summed E-state index contributed by atoms with van der Waals surface area (Å²) in [7, 11) is 0. The van der Waals surface area contributed by atoms with Gasteiger partial charge in [0.05, 0.1) is 0 Å². The molecule has 116 valence electrons. The lowest BCUT2D eigenvalue weighted by Crippen LogP contribution is -2.14. The number of carbonyl (C=O) groups excluding carboxylic acids is 1. The van der Waals surface area contributed by atoms with Gasteiger partial charge in [-0.25, -0.2) is 0 Å². The lowest BCUT2D eigenvalue weighted by atomic mass is 10.2. The third kappa shape index (κ3) is 4.49.